The van der Waals surface area contributed by atoms with Crippen molar-refractivity contribution < 1.29 is 24.6 Å². The highest BCUT2D eigenvalue weighted by molar-refractivity contribution is 5.76. The van der Waals surface area contributed by atoms with Gasteiger partial charge in [-0.2, -0.15) is 0 Å². The van der Waals surface area contributed by atoms with Gasteiger partial charge < -0.3 is 20.4 Å². The van der Waals surface area contributed by atoms with E-state index >= 15 is 0 Å². The summed E-state index contributed by atoms with van der Waals surface area (Å²) in [6.07, 6.45) is 3.47. The number of nitrogens with zero attached hydrogens (tertiary/aromatic N) is 1. The molecule has 0 spiro atoms. The van der Waals surface area contributed by atoms with Gasteiger partial charge in [-0.15, -0.1) is 4.73 Å². The van der Waals surface area contributed by atoms with Crippen LogP contribution in [0.3, 0.4) is 0 Å². The van der Waals surface area contributed by atoms with E-state index in [1.807, 2.05) is 30.3 Å². The van der Waals surface area contributed by atoms with Gasteiger partial charge in [-0.05, 0) is 24.8 Å². The Balaban J connectivity index is 1.51. The Morgan fingerprint density at radius 1 is 0.923 bits per heavy atom. The molecule has 0 bridgehead atoms. The lowest BCUT2D eigenvalue weighted by atomic mass is 10.1. The van der Waals surface area contributed by atoms with Crippen LogP contribution in [-0.4, -0.2) is 33.4 Å². The van der Waals surface area contributed by atoms with E-state index in [0.29, 0.717) is 24.1 Å². The van der Waals surface area contributed by atoms with E-state index in [1.165, 1.54) is 12.1 Å². The van der Waals surface area contributed by atoms with E-state index in [1.54, 1.807) is 0 Å². The highest BCUT2D eigenvalue weighted by Gasteiger charge is 2.11. The van der Waals surface area contributed by atoms with Crippen molar-refractivity contribution in [1.82, 2.24) is 10.0 Å². The molecule has 0 radical (unpaired) electrons. The smallest absolute Gasteiger partial charge is 0.333 e. The molecule has 0 aliphatic heterocycles. The van der Waals surface area contributed by atoms with Crippen LogP contribution >= 0.6 is 0 Å². The molecule has 7 nitrogen and oxygen atoms in total. The minimum Gasteiger partial charge on any atom is -0.492 e. The predicted octanol–water partition coefficient (Wildman–Crippen LogP) is 2.16. The molecule has 0 saturated heterocycles. The molecule has 0 saturated carbocycles. The lowest BCUT2D eigenvalue weighted by Gasteiger charge is -2.07. The maximum absolute atomic E-state index is 11.8. The lowest BCUT2D eigenvalue weighted by molar-refractivity contribution is -0.145. The van der Waals surface area contributed by atoms with Gasteiger partial charge in [0.05, 0.1) is 0 Å². The first-order valence-electron chi connectivity index (χ1n) is 8.67. The Hall–Kier alpha value is -2.96. The molecule has 0 unspecified atom stereocenters. The maximum atomic E-state index is 11.8. The van der Waals surface area contributed by atoms with Gasteiger partial charge in [0.2, 0.25) is 17.7 Å². The molecule has 26 heavy (non-hydrogen) atoms. The number of aryl methyl sites for hydroxylation is 1. The minimum atomic E-state index is -0.543. The van der Waals surface area contributed by atoms with E-state index in [0.717, 1.165) is 24.8 Å². The van der Waals surface area contributed by atoms with Crippen LogP contribution in [0.4, 0.5) is 0 Å². The number of nitrogens with one attached hydrogen (secondary N) is 1. The van der Waals surface area contributed by atoms with Crippen molar-refractivity contribution >= 4 is 11.9 Å². The first kappa shape index (κ1) is 19.4. The van der Waals surface area contributed by atoms with Gasteiger partial charge in [0.15, 0.2) is 0 Å². The fourth-order valence-electron chi connectivity index (χ4n) is 2.43. The van der Waals surface area contributed by atoms with Crippen molar-refractivity contribution in [2.75, 3.05) is 6.54 Å². The monoisotopic (exact) mass is 360 g/mol. The van der Waals surface area contributed by atoms with Crippen LogP contribution < -0.4 is 10.2 Å². The normalized spacial score (nSPS) is 10.5. The molecule has 2 aromatic rings. The van der Waals surface area contributed by atoms with Crippen molar-refractivity contribution in [1.29, 1.82) is 0 Å². The summed E-state index contributed by atoms with van der Waals surface area (Å²) in [6.45, 7) is 0.571. The molecule has 7 heteroatoms. The number of benzene rings is 1. The van der Waals surface area contributed by atoms with Crippen LogP contribution in [-0.2, 0) is 16.0 Å². The summed E-state index contributed by atoms with van der Waals surface area (Å²) >= 11 is 0. The molecule has 0 atom stereocenters. The third kappa shape index (κ3) is 6.51. The van der Waals surface area contributed by atoms with Crippen LogP contribution in [0.1, 0.15) is 37.7 Å². The molecule has 1 amide bonds. The second-order valence-electron chi connectivity index (χ2n) is 5.95. The second kappa shape index (κ2) is 10.1. The molecule has 0 fully saturated rings. The Morgan fingerprint density at radius 3 is 2.31 bits per heavy atom. The molecular weight excluding hydrogens is 336 g/mol. The standard InChI is InChI=1S/C19H24N2O5/c22-16(11-10-15-7-3-1-4-8-15)20-14-6-2-5-9-19(25)26-21-17(23)12-13-18(21)24/h1,3-4,7-8,12-13,23-24H,2,5-6,9-11,14H2,(H,20,22). The Bertz CT molecular complexity index is 692. The number of aromatic nitrogens is 1. The molecule has 3 N–H and O–H groups in total. The van der Waals surface area contributed by atoms with E-state index in [4.69, 9.17) is 4.84 Å². The fourth-order valence-corrected chi connectivity index (χ4v) is 2.43. The number of carbonyl (C=O) groups excluding carboxylic acids is 2. The van der Waals surface area contributed by atoms with Gasteiger partial charge in [0, 0.05) is 31.5 Å². The zero-order valence-corrected chi connectivity index (χ0v) is 14.6. The van der Waals surface area contributed by atoms with Crippen molar-refractivity contribution in [3.63, 3.8) is 0 Å². The van der Waals surface area contributed by atoms with Crippen LogP contribution in [0.2, 0.25) is 0 Å². The number of carbonyl (C=O) groups is 2. The topological polar surface area (TPSA) is 101 Å². The minimum absolute atomic E-state index is 0.0202. The first-order chi connectivity index (χ1) is 12.6. The molecule has 0 aliphatic rings. The van der Waals surface area contributed by atoms with E-state index in [2.05, 4.69) is 5.32 Å². The van der Waals surface area contributed by atoms with Crippen molar-refractivity contribution in [3.05, 3.63) is 48.0 Å². The Labute approximate surface area is 152 Å². The van der Waals surface area contributed by atoms with Crippen molar-refractivity contribution in [2.45, 2.75) is 38.5 Å². The van der Waals surface area contributed by atoms with Gasteiger partial charge in [-0.25, -0.2) is 4.79 Å². The zero-order chi connectivity index (χ0) is 18.8. The third-order valence-electron chi connectivity index (χ3n) is 3.85. The van der Waals surface area contributed by atoms with Crippen molar-refractivity contribution in [2.24, 2.45) is 0 Å². The molecule has 0 aliphatic carbocycles. The van der Waals surface area contributed by atoms with E-state index < -0.39 is 5.97 Å². The Kier molecular flexibility index (Phi) is 7.54. The SMILES string of the molecule is O=C(CCc1ccccc1)NCCCCCC(=O)On1c(O)ccc1O. The number of rotatable bonds is 10. The zero-order valence-electron chi connectivity index (χ0n) is 14.6. The number of amides is 1. The first-order valence-corrected chi connectivity index (χ1v) is 8.67. The number of aromatic hydroxyl groups is 2. The predicted molar refractivity (Wildman–Crippen MR) is 95.6 cm³/mol. The van der Waals surface area contributed by atoms with Gasteiger partial charge in [0.1, 0.15) is 0 Å². The van der Waals surface area contributed by atoms with Gasteiger partial charge >= 0.3 is 5.97 Å². The molecule has 1 heterocycles. The highest BCUT2D eigenvalue weighted by atomic mass is 16.7. The molecule has 1 aromatic heterocycles. The summed E-state index contributed by atoms with van der Waals surface area (Å²) in [5.74, 6) is -1.20. The number of unbranched alkanes of at least 4 members (excludes halogenated alkanes) is 2. The average Bonchev–Trinajstić information content (AvgIpc) is 2.95. The number of hydrogen-bond acceptors (Lipinski definition) is 5. The van der Waals surface area contributed by atoms with Crippen LogP contribution in [0, 0.1) is 0 Å². The van der Waals surface area contributed by atoms with E-state index in [-0.39, 0.29) is 24.1 Å². The maximum Gasteiger partial charge on any atom is 0.333 e. The summed E-state index contributed by atoms with van der Waals surface area (Å²) in [4.78, 5) is 28.2. The third-order valence-corrected chi connectivity index (χ3v) is 3.85. The summed E-state index contributed by atoms with van der Waals surface area (Å²) in [5, 5.41) is 21.6. The van der Waals surface area contributed by atoms with E-state index in [9.17, 15) is 19.8 Å². The van der Waals surface area contributed by atoms with Crippen LogP contribution in [0.15, 0.2) is 42.5 Å². The molecule has 140 valence electrons. The summed E-state index contributed by atoms with van der Waals surface area (Å²) in [5.41, 5.74) is 1.14. The second-order valence-corrected chi connectivity index (χ2v) is 5.95. The summed E-state index contributed by atoms with van der Waals surface area (Å²) in [6, 6.07) is 12.3. The Morgan fingerprint density at radius 2 is 1.62 bits per heavy atom. The highest BCUT2D eigenvalue weighted by Crippen LogP contribution is 2.19. The van der Waals surface area contributed by atoms with Crippen LogP contribution in [0.5, 0.6) is 11.8 Å². The molecular formula is C19H24N2O5. The molecule has 2 rings (SSSR count). The van der Waals surface area contributed by atoms with Gasteiger partial charge in [-0.1, -0.05) is 36.8 Å². The average molecular weight is 360 g/mol. The molecule has 1 aromatic carbocycles. The summed E-state index contributed by atoms with van der Waals surface area (Å²) < 4.78 is 0.676. The quantitative estimate of drug-likeness (QED) is 0.564. The number of hydrogen-bond donors (Lipinski definition) is 3. The van der Waals surface area contributed by atoms with Gasteiger partial charge in [0.25, 0.3) is 0 Å². The van der Waals surface area contributed by atoms with Gasteiger partial charge in [-0.3, -0.25) is 4.79 Å². The lowest BCUT2D eigenvalue weighted by Crippen LogP contribution is -2.24. The summed E-state index contributed by atoms with van der Waals surface area (Å²) in [7, 11) is 0. The van der Waals surface area contributed by atoms with Crippen molar-refractivity contribution in [3.8, 4) is 11.8 Å². The largest absolute Gasteiger partial charge is 0.492 e. The fraction of sp³-hybridized carbons (Fsp3) is 0.368. The van der Waals surface area contributed by atoms with Crippen LogP contribution in [0.25, 0.3) is 0 Å².